The maximum atomic E-state index is 6.26. The zero-order valence-electron chi connectivity index (χ0n) is 10.8. The Hall–Kier alpha value is -1.57. The third-order valence-corrected chi connectivity index (χ3v) is 3.92. The second kappa shape index (κ2) is 5.43. The topological polar surface area (TPSA) is 82.5 Å². The van der Waals surface area contributed by atoms with Gasteiger partial charge in [-0.3, -0.25) is 0 Å². The summed E-state index contributed by atoms with van der Waals surface area (Å²) in [6.45, 7) is 2.09. The van der Waals surface area contributed by atoms with Gasteiger partial charge in [-0.1, -0.05) is 30.2 Å². The lowest BCUT2D eigenvalue weighted by molar-refractivity contribution is 0.619. The van der Waals surface area contributed by atoms with Crippen molar-refractivity contribution in [3.8, 4) is 5.69 Å². The van der Waals surface area contributed by atoms with Crippen LogP contribution in [0.1, 0.15) is 31.5 Å². The molecule has 0 fully saturated rings. The van der Waals surface area contributed by atoms with Crippen LogP contribution in [0.5, 0.6) is 0 Å². The molecule has 8 heteroatoms. The van der Waals surface area contributed by atoms with Crippen molar-refractivity contribution in [1.82, 2.24) is 23.7 Å². The molecular formula is C12H13ClN6S. The van der Waals surface area contributed by atoms with Crippen molar-refractivity contribution in [3.05, 3.63) is 29.0 Å². The van der Waals surface area contributed by atoms with Crippen molar-refractivity contribution in [2.75, 3.05) is 0 Å². The molecule has 0 saturated heterocycles. The number of rotatable bonds is 4. The molecule has 2 heterocycles. The van der Waals surface area contributed by atoms with Gasteiger partial charge < -0.3 is 5.73 Å². The van der Waals surface area contributed by atoms with Crippen molar-refractivity contribution < 1.29 is 0 Å². The number of nitrogens with two attached hydrogens (primary N) is 1. The van der Waals surface area contributed by atoms with Gasteiger partial charge >= 0.3 is 0 Å². The van der Waals surface area contributed by atoms with E-state index in [9.17, 15) is 0 Å². The van der Waals surface area contributed by atoms with Gasteiger partial charge in [-0.25, -0.2) is 4.68 Å². The Bertz CT molecular complexity index is 736. The van der Waals surface area contributed by atoms with Crippen LogP contribution in [-0.4, -0.2) is 23.7 Å². The summed E-state index contributed by atoms with van der Waals surface area (Å²) in [5.41, 5.74) is 9.02. The van der Waals surface area contributed by atoms with Crippen LogP contribution in [-0.2, 0) is 0 Å². The maximum absolute atomic E-state index is 6.26. The number of aromatic nitrogens is 5. The molecule has 0 saturated carbocycles. The fourth-order valence-corrected chi connectivity index (χ4v) is 2.82. The Kier molecular flexibility index (Phi) is 3.64. The molecule has 3 rings (SSSR count). The lowest BCUT2D eigenvalue weighted by Crippen LogP contribution is -2.10. The summed E-state index contributed by atoms with van der Waals surface area (Å²) in [6, 6.07) is 3.51. The SMILES string of the molecule is CCCC(N)c1cn(-c2c(Cl)ccc3nsnc23)nn1. The van der Waals surface area contributed by atoms with E-state index in [1.165, 1.54) is 0 Å². The Morgan fingerprint density at radius 3 is 3.05 bits per heavy atom. The van der Waals surface area contributed by atoms with Crippen molar-refractivity contribution in [2.45, 2.75) is 25.8 Å². The quantitative estimate of drug-likeness (QED) is 0.801. The molecule has 0 amide bonds. The standard InChI is InChI=1S/C12H13ClN6S/c1-2-3-8(14)10-6-19(18-15-10)12-7(13)4-5-9-11(12)17-20-16-9/h4-6,8H,2-3,14H2,1H3. The maximum Gasteiger partial charge on any atom is 0.132 e. The first-order chi connectivity index (χ1) is 9.70. The summed E-state index contributed by atoms with van der Waals surface area (Å²) in [7, 11) is 0. The van der Waals surface area contributed by atoms with E-state index in [1.54, 1.807) is 16.9 Å². The highest BCUT2D eigenvalue weighted by Crippen LogP contribution is 2.28. The molecular weight excluding hydrogens is 296 g/mol. The molecule has 0 spiro atoms. The van der Waals surface area contributed by atoms with Gasteiger partial charge in [-0.05, 0) is 18.6 Å². The minimum atomic E-state index is -0.111. The van der Waals surface area contributed by atoms with Crippen LogP contribution in [0, 0.1) is 0 Å². The number of hydrogen-bond donors (Lipinski definition) is 1. The summed E-state index contributed by atoms with van der Waals surface area (Å²) < 4.78 is 10.1. The summed E-state index contributed by atoms with van der Waals surface area (Å²) in [4.78, 5) is 0. The van der Waals surface area contributed by atoms with E-state index in [0.717, 1.165) is 41.3 Å². The first kappa shape index (κ1) is 13.4. The lowest BCUT2D eigenvalue weighted by Gasteiger charge is -2.05. The molecule has 20 heavy (non-hydrogen) atoms. The largest absolute Gasteiger partial charge is 0.323 e. The molecule has 0 aliphatic heterocycles. The molecule has 0 aliphatic carbocycles. The fourth-order valence-electron chi connectivity index (χ4n) is 2.05. The highest BCUT2D eigenvalue weighted by Gasteiger charge is 2.16. The molecule has 6 nitrogen and oxygen atoms in total. The van der Waals surface area contributed by atoms with E-state index in [0.29, 0.717) is 10.7 Å². The van der Waals surface area contributed by atoms with Crippen molar-refractivity contribution >= 4 is 34.4 Å². The Morgan fingerprint density at radius 1 is 1.40 bits per heavy atom. The molecule has 0 aliphatic rings. The van der Waals surface area contributed by atoms with Crippen LogP contribution in [0.15, 0.2) is 18.3 Å². The summed E-state index contributed by atoms with van der Waals surface area (Å²) in [5.74, 6) is 0. The lowest BCUT2D eigenvalue weighted by atomic mass is 10.1. The second-order valence-corrected chi connectivity index (χ2v) is 5.45. The molecule has 104 valence electrons. The molecule has 2 N–H and O–H groups in total. The van der Waals surface area contributed by atoms with Gasteiger partial charge in [0.25, 0.3) is 0 Å². The third-order valence-electron chi connectivity index (χ3n) is 3.07. The molecule has 3 aromatic rings. The minimum absolute atomic E-state index is 0.111. The van der Waals surface area contributed by atoms with Crippen LogP contribution in [0.3, 0.4) is 0 Å². The average molecular weight is 309 g/mol. The van der Waals surface area contributed by atoms with Gasteiger partial charge in [0.2, 0.25) is 0 Å². The van der Waals surface area contributed by atoms with Crippen LogP contribution >= 0.6 is 23.3 Å². The summed E-state index contributed by atoms with van der Waals surface area (Å²) in [5, 5.41) is 8.81. The molecule has 2 aromatic heterocycles. The van der Waals surface area contributed by atoms with Crippen molar-refractivity contribution in [1.29, 1.82) is 0 Å². The van der Waals surface area contributed by atoms with Crippen LogP contribution in [0.25, 0.3) is 16.7 Å². The van der Waals surface area contributed by atoms with Gasteiger partial charge in [-0.2, -0.15) is 8.75 Å². The van der Waals surface area contributed by atoms with E-state index < -0.39 is 0 Å². The molecule has 0 radical (unpaired) electrons. The highest BCUT2D eigenvalue weighted by molar-refractivity contribution is 7.00. The first-order valence-electron chi connectivity index (χ1n) is 6.29. The van der Waals surface area contributed by atoms with Crippen LogP contribution < -0.4 is 5.73 Å². The molecule has 1 atom stereocenters. The number of fused-ring (bicyclic) bond motifs is 1. The Balaban J connectivity index is 2.07. The van der Waals surface area contributed by atoms with Crippen LogP contribution in [0.2, 0.25) is 5.02 Å². The minimum Gasteiger partial charge on any atom is -0.323 e. The number of halogens is 1. The van der Waals surface area contributed by atoms with Crippen molar-refractivity contribution in [3.63, 3.8) is 0 Å². The number of nitrogens with zero attached hydrogens (tertiary/aromatic N) is 5. The smallest absolute Gasteiger partial charge is 0.132 e. The monoisotopic (exact) mass is 308 g/mol. The summed E-state index contributed by atoms with van der Waals surface area (Å²) >= 11 is 7.41. The van der Waals surface area contributed by atoms with Crippen LogP contribution in [0.4, 0.5) is 0 Å². The van der Waals surface area contributed by atoms with E-state index in [1.807, 2.05) is 6.07 Å². The van der Waals surface area contributed by atoms with E-state index >= 15 is 0 Å². The first-order valence-corrected chi connectivity index (χ1v) is 7.40. The summed E-state index contributed by atoms with van der Waals surface area (Å²) in [6.07, 6.45) is 3.68. The zero-order valence-corrected chi connectivity index (χ0v) is 12.4. The second-order valence-electron chi connectivity index (χ2n) is 4.51. The van der Waals surface area contributed by atoms with E-state index in [-0.39, 0.29) is 6.04 Å². The molecule has 1 aromatic carbocycles. The molecule has 0 bridgehead atoms. The van der Waals surface area contributed by atoms with Gasteiger partial charge in [0.05, 0.1) is 34.7 Å². The van der Waals surface area contributed by atoms with Gasteiger partial charge in [-0.15, -0.1) is 5.10 Å². The van der Waals surface area contributed by atoms with Gasteiger partial charge in [0.1, 0.15) is 16.7 Å². The van der Waals surface area contributed by atoms with E-state index in [2.05, 4.69) is 26.0 Å². The molecule has 1 unspecified atom stereocenters. The predicted octanol–water partition coefficient (Wildman–Crippen LogP) is 2.73. The van der Waals surface area contributed by atoms with Crippen molar-refractivity contribution in [2.24, 2.45) is 5.73 Å². The fraction of sp³-hybridized carbons (Fsp3) is 0.333. The normalized spacial score (nSPS) is 12.9. The number of hydrogen-bond acceptors (Lipinski definition) is 6. The highest BCUT2D eigenvalue weighted by atomic mass is 35.5. The average Bonchev–Trinajstić information content (AvgIpc) is 3.07. The van der Waals surface area contributed by atoms with E-state index in [4.69, 9.17) is 17.3 Å². The Morgan fingerprint density at radius 2 is 2.25 bits per heavy atom. The zero-order chi connectivity index (χ0) is 14.1. The van der Waals surface area contributed by atoms with Gasteiger partial charge in [0.15, 0.2) is 0 Å². The Labute approximate surface area is 124 Å². The third kappa shape index (κ3) is 2.28. The number of benzene rings is 1. The predicted molar refractivity (Wildman–Crippen MR) is 79.2 cm³/mol. The van der Waals surface area contributed by atoms with Gasteiger partial charge in [0, 0.05) is 0 Å².